The molecule has 2 aromatic rings. The van der Waals surface area contributed by atoms with E-state index in [1.807, 2.05) is 0 Å². The average molecular weight is 551 g/mol. The molecule has 2 aromatic carbocycles. The number of nitrogens with two attached hydrogens (primary N) is 1. The van der Waals surface area contributed by atoms with E-state index in [4.69, 9.17) is 16.2 Å². The Morgan fingerprint density at radius 1 is 1.03 bits per heavy atom. The molecule has 0 amide bonds. The second-order valence-electron chi connectivity index (χ2n) is 4.87. The van der Waals surface area contributed by atoms with Gasteiger partial charge in [0.15, 0.2) is 11.6 Å². The van der Waals surface area contributed by atoms with Gasteiger partial charge in [0.25, 0.3) is 6.47 Å². The van der Waals surface area contributed by atoms with Gasteiger partial charge in [0.2, 0.25) is 11.6 Å². The number of rotatable bonds is 2. The van der Waals surface area contributed by atoms with Crippen LogP contribution in [0, 0.1) is 11.6 Å². The van der Waals surface area contributed by atoms with Gasteiger partial charge >= 0.3 is 29.6 Å². The summed E-state index contributed by atoms with van der Waals surface area (Å²) in [6.45, 7) is 0.128. The van der Waals surface area contributed by atoms with Gasteiger partial charge in [-0.05, 0) is 29.8 Å². The molecular formula is C16H12Br2F2NNaO7. The number of carbonyl (C=O) groups is 3. The monoisotopic (exact) mass is 549 g/mol. The van der Waals surface area contributed by atoms with E-state index in [-0.39, 0.29) is 64.9 Å². The van der Waals surface area contributed by atoms with Crippen molar-refractivity contribution in [3.63, 3.8) is 0 Å². The molecule has 0 bridgehead atoms. The summed E-state index contributed by atoms with van der Waals surface area (Å²) >= 11 is 6.13. The van der Waals surface area contributed by atoms with Crippen molar-refractivity contribution in [2.45, 2.75) is 6.42 Å². The maximum atomic E-state index is 13.2. The topological polar surface area (TPSA) is 157 Å². The van der Waals surface area contributed by atoms with Crippen LogP contribution in [-0.2, 0) is 16.0 Å². The molecule has 0 aromatic heterocycles. The third-order valence-electron chi connectivity index (χ3n) is 3.17. The molecule has 0 aliphatic heterocycles. The summed E-state index contributed by atoms with van der Waals surface area (Å²) in [6, 6.07) is 5.40. The molecule has 0 spiro atoms. The van der Waals surface area contributed by atoms with Gasteiger partial charge in [-0.15, -0.1) is 0 Å². The van der Waals surface area contributed by atoms with Gasteiger partial charge in [0.05, 0.1) is 11.3 Å². The van der Waals surface area contributed by atoms with Gasteiger partial charge in [0.1, 0.15) is 5.82 Å². The van der Waals surface area contributed by atoms with E-state index in [9.17, 15) is 23.2 Å². The van der Waals surface area contributed by atoms with Gasteiger partial charge in [-0.1, -0.05) is 31.9 Å². The number of halogens is 4. The van der Waals surface area contributed by atoms with Crippen LogP contribution in [0.1, 0.15) is 15.9 Å². The Hall–Kier alpha value is -1.25. The van der Waals surface area contributed by atoms with Crippen LogP contribution in [0.4, 0.5) is 14.5 Å². The number of benzene rings is 2. The van der Waals surface area contributed by atoms with E-state index in [0.29, 0.717) is 14.5 Å². The minimum absolute atomic E-state index is 0. The molecule has 0 atom stereocenters. The predicted octanol–water partition coefficient (Wildman–Crippen LogP) is 0.446. The molecule has 0 radical (unpaired) electrons. The quantitative estimate of drug-likeness (QED) is 0.121. The molecule has 0 saturated carbocycles. The zero-order chi connectivity index (χ0) is 20.7. The van der Waals surface area contributed by atoms with E-state index in [0.717, 1.165) is 6.07 Å². The Balaban J connectivity index is 0. The Labute approximate surface area is 201 Å². The van der Waals surface area contributed by atoms with Crippen LogP contribution in [0.25, 0.3) is 0 Å². The Kier molecular flexibility index (Phi) is 14.3. The van der Waals surface area contributed by atoms with Crippen LogP contribution in [0.5, 0.6) is 5.75 Å². The summed E-state index contributed by atoms with van der Waals surface area (Å²) in [5.41, 5.74) is 5.84. The van der Waals surface area contributed by atoms with E-state index in [2.05, 4.69) is 36.6 Å². The minimum Gasteiger partial charge on any atom is -0.870 e. The zero-order valence-corrected chi connectivity index (χ0v) is 19.8. The smallest absolute Gasteiger partial charge is 0.870 e. The third kappa shape index (κ3) is 7.83. The number of hydrogen-bond donors (Lipinski definition) is 3. The molecule has 0 saturated heterocycles. The number of ether oxygens (including phenoxy) is 1. The fourth-order valence-corrected chi connectivity index (χ4v) is 3.09. The van der Waals surface area contributed by atoms with Crippen molar-refractivity contribution in [3.05, 3.63) is 56.0 Å². The van der Waals surface area contributed by atoms with Gasteiger partial charge in [-0.3, -0.25) is 24.9 Å². The molecule has 13 heteroatoms. The molecule has 29 heavy (non-hydrogen) atoms. The van der Waals surface area contributed by atoms with Gasteiger partial charge in [0, 0.05) is 15.4 Å². The first kappa shape index (κ1) is 29.9. The van der Waals surface area contributed by atoms with Crippen LogP contribution >= 0.6 is 31.9 Å². The molecule has 1 aliphatic rings. The summed E-state index contributed by atoms with van der Waals surface area (Å²) in [7, 11) is 0. The Morgan fingerprint density at radius 3 is 2.07 bits per heavy atom. The minimum atomic E-state index is -0.708. The number of Topliss-reactive ketones (excluding diaryl/α,β-unsaturated/α-hetero) is 2. The SMILES string of the molecule is Nc1cc(Br)cc(F)c1OC=O.O=C1Cc2cc(Br)cc(F)c2C1=O.OO.[Na+].[OH-]. The van der Waals surface area contributed by atoms with E-state index < -0.39 is 23.2 Å². The fraction of sp³-hybridized carbons (Fsp3) is 0.0625. The summed E-state index contributed by atoms with van der Waals surface area (Å²) < 4.78 is 31.4. The van der Waals surface area contributed by atoms with Gasteiger partial charge < -0.3 is 15.9 Å². The summed E-state index contributed by atoms with van der Waals surface area (Å²) in [5.74, 6) is -2.78. The molecule has 0 unspecified atom stereocenters. The number of carbonyl (C=O) groups excluding carboxylic acids is 3. The van der Waals surface area contributed by atoms with Crippen molar-refractivity contribution in [1.82, 2.24) is 0 Å². The number of ketones is 2. The second-order valence-corrected chi connectivity index (χ2v) is 6.70. The predicted molar refractivity (Wildman–Crippen MR) is 99.5 cm³/mol. The number of anilines is 1. The molecule has 0 fully saturated rings. The van der Waals surface area contributed by atoms with E-state index in [1.165, 1.54) is 12.1 Å². The van der Waals surface area contributed by atoms with Crippen LogP contribution in [0.15, 0.2) is 33.2 Å². The first-order chi connectivity index (χ1) is 12.7. The van der Waals surface area contributed by atoms with Crippen molar-refractivity contribution in [3.8, 4) is 5.75 Å². The average Bonchev–Trinajstić information content (AvgIpc) is 2.87. The van der Waals surface area contributed by atoms with Crippen LogP contribution < -0.4 is 40.0 Å². The third-order valence-corrected chi connectivity index (χ3v) is 4.09. The summed E-state index contributed by atoms with van der Waals surface area (Å²) in [6.07, 6.45) is 0.0184. The van der Waals surface area contributed by atoms with Crippen LogP contribution in [0.3, 0.4) is 0 Å². The van der Waals surface area contributed by atoms with Crippen molar-refractivity contribution in [2.24, 2.45) is 0 Å². The summed E-state index contributed by atoms with van der Waals surface area (Å²) in [4.78, 5) is 32.0. The maximum absolute atomic E-state index is 13.2. The van der Waals surface area contributed by atoms with E-state index >= 15 is 0 Å². The Morgan fingerprint density at radius 2 is 1.55 bits per heavy atom. The number of fused-ring (bicyclic) bond motifs is 1. The number of nitrogen functional groups attached to an aromatic ring is 1. The Bertz CT molecular complexity index is 877. The fourth-order valence-electron chi connectivity index (χ4n) is 2.17. The van der Waals surface area contributed by atoms with E-state index in [1.54, 1.807) is 6.07 Å². The van der Waals surface area contributed by atoms with Gasteiger partial charge in [-0.25, -0.2) is 8.78 Å². The summed E-state index contributed by atoms with van der Waals surface area (Å²) in [5, 5.41) is 12.0. The molecule has 3 rings (SSSR count). The van der Waals surface area contributed by atoms with Crippen LogP contribution in [-0.4, -0.2) is 34.0 Å². The largest absolute Gasteiger partial charge is 1.00 e. The number of hydrogen-bond acceptors (Lipinski definition) is 8. The van der Waals surface area contributed by atoms with Crippen molar-refractivity contribution < 1.29 is 73.4 Å². The molecule has 0 heterocycles. The molecule has 8 nitrogen and oxygen atoms in total. The normalized spacial score (nSPS) is 10.8. The first-order valence-corrected chi connectivity index (χ1v) is 8.43. The molecular weight excluding hydrogens is 539 g/mol. The van der Waals surface area contributed by atoms with Crippen molar-refractivity contribution in [2.75, 3.05) is 5.73 Å². The first-order valence-electron chi connectivity index (χ1n) is 6.84. The zero-order valence-electron chi connectivity index (χ0n) is 14.7. The molecule has 152 valence electrons. The maximum Gasteiger partial charge on any atom is 1.00 e. The second kappa shape index (κ2) is 13.9. The van der Waals surface area contributed by atoms with Crippen molar-refractivity contribution in [1.29, 1.82) is 0 Å². The van der Waals surface area contributed by atoms with Gasteiger partial charge in [-0.2, -0.15) is 0 Å². The van der Waals surface area contributed by atoms with Crippen LogP contribution in [0.2, 0.25) is 0 Å². The van der Waals surface area contributed by atoms with Crippen molar-refractivity contribution >= 4 is 55.6 Å². The molecule has 1 aliphatic carbocycles. The standard InChI is InChI=1S/C9H4BrFO2.C7H5BrFNO2.Na.H2O2.H2O/c10-5-1-4-2-7(12)9(13)8(4)6(11)3-5;8-4-1-5(9)7(12-3-11)6(10)2-4;;1-2;/h1,3H,2H2;1-3H,10H2;;1-2H;1H2/q;;+1;;/p-1. The molecule has 5 N–H and O–H groups in total.